The third kappa shape index (κ3) is 4.13. The number of rotatable bonds is 4. The molecule has 6 nitrogen and oxygen atoms in total. The van der Waals surface area contributed by atoms with Gasteiger partial charge in [-0.3, -0.25) is 9.69 Å². The Kier molecular flexibility index (Phi) is 5.11. The molecule has 0 atom stereocenters. The molecular formula is C12H14FNO5. The third-order valence-electron chi connectivity index (χ3n) is 2.37. The predicted octanol–water partition coefficient (Wildman–Crippen LogP) is 1.27. The summed E-state index contributed by atoms with van der Waals surface area (Å²) in [6.07, 6.45) is -0.798. The number of esters is 1. The van der Waals surface area contributed by atoms with Gasteiger partial charge in [-0.15, -0.1) is 0 Å². The van der Waals surface area contributed by atoms with Crippen LogP contribution in [0.2, 0.25) is 0 Å². The molecule has 0 heterocycles. The second kappa shape index (κ2) is 6.58. The van der Waals surface area contributed by atoms with Gasteiger partial charge < -0.3 is 14.6 Å². The lowest BCUT2D eigenvalue weighted by Gasteiger charge is -2.20. The molecule has 19 heavy (non-hydrogen) atoms. The van der Waals surface area contributed by atoms with Crippen LogP contribution in [0.1, 0.15) is 5.56 Å². The van der Waals surface area contributed by atoms with Crippen molar-refractivity contribution in [3.63, 3.8) is 0 Å². The molecule has 0 bridgehead atoms. The summed E-state index contributed by atoms with van der Waals surface area (Å²) in [5.41, 5.74) is 0.0642. The zero-order valence-corrected chi connectivity index (χ0v) is 10.6. The van der Waals surface area contributed by atoms with E-state index in [1.54, 1.807) is 0 Å². The van der Waals surface area contributed by atoms with Crippen LogP contribution in [0.4, 0.5) is 9.18 Å². The van der Waals surface area contributed by atoms with Gasteiger partial charge in [-0.2, -0.15) is 0 Å². The van der Waals surface area contributed by atoms with Crippen LogP contribution >= 0.6 is 0 Å². The fourth-order valence-electron chi connectivity index (χ4n) is 1.42. The Morgan fingerprint density at radius 2 is 2.00 bits per heavy atom. The quantitative estimate of drug-likeness (QED) is 0.835. The number of nitrogens with zero attached hydrogens (tertiary/aromatic N) is 1. The normalized spacial score (nSPS) is 9.84. The number of amides is 1. The van der Waals surface area contributed by atoms with Crippen molar-refractivity contribution in [3.8, 4) is 5.75 Å². The molecule has 0 radical (unpaired) electrons. The Balaban J connectivity index is 2.90. The molecule has 0 saturated heterocycles. The topological polar surface area (TPSA) is 76.1 Å². The van der Waals surface area contributed by atoms with Gasteiger partial charge in [-0.25, -0.2) is 9.18 Å². The van der Waals surface area contributed by atoms with E-state index in [2.05, 4.69) is 9.47 Å². The first-order valence-corrected chi connectivity index (χ1v) is 5.35. The Morgan fingerprint density at radius 1 is 1.32 bits per heavy atom. The van der Waals surface area contributed by atoms with E-state index < -0.39 is 17.9 Å². The first kappa shape index (κ1) is 14.7. The maximum Gasteiger partial charge on any atom is 0.410 e. The van der Waals surface area contributed by atoms with E-state index in [9.17, 15) is 19.1 Å². The van der Waals surface area contributed by atoms with Gasteiger partial charge >= 0.3 is 12.1 Å². The van der Waals surface area contributed by atoms with Gasteiger partial charge in [-0.05, 0) is 18.2 Å². The fraction of sp³-hybridized carbons (Fsp3) is 0.333. The smallest absolute Gasteiger partial charge is 0.410 e. The van der Waals surface area contributed by atoms with Gasteiger partial charge in [0.25, 0.3) is 0 Å². The summed E-state index contributed by atoms with van der Waals surface area (Å²) >= 11 is 0. The molecule has 1 aromatic rings. The van der Waals surface area contributed by atoms with Crippen molar-refractivity contribution >= 4 is 12.1 Å². The van der Waals surface area contributed by atoms with Gasteiger partial charge in [0.05, 0.1) is 20.8 Å². The number of carbonyl (C=O) groups excluding carboxylic acids is 2. The highest BCUT2D eigenvalue weighted by molar-refractivity contribution is 5.77. The van der Waals surface area contributed by atoms with Crippen LogP contribution in [-0.4, -0.2) is 42.8 Å². The SMILES string of the molecule is COC(=O)CN(Cc1cc(O)ccc1F)C(=O)OC. The molecule has 0 fully saturated rings. The lowest BCUT2D eigenvalue weighted by Crippen LogP contribution is -2.35. The minimum atomic E-state index is -0.798. The van der Waals surface area contributed by atoms with Crippen molar-refractivity contribution in [3.05, 3.63) is 29.6 Å². The van der Waals surface area contributed by atoms with Crippen LogP contribution in [-0.2, 0) is 20.8 Å². The van der Waals surface area contributed by atoms with Crippen LogP contribution in [0.25, 0.3) is 0 Å². The average Bonchev–Trinajstić information content (AvgIpc) is 2.40. The highest BCUT2D eigenvalue weighted by Crippen LogP contribution is 2.17. The average molecular weight is 271 g/mol. The van der Waals surface area contributed by atoms with Crippen molar-refractivity contribution in [2.24, 2.45) is 0 Å². The first-order valence-electron chi connectivity index (χ1n) is 5.35. The predicted molar refractivity (Wildman–Crippen MR) is 62.9 cm³/mol. The summed E-state index contributed by atoms with van der Waals surface area (Å²) in [5, 5.41) is 9.28. The monoisotopic (exact) mass is 271 g/mol. The summed E-state index contributed by atoms with van der Waals surface area (Å²) in [6.45, 7) is -0.597. The zero-order chi connectivity index (χ0) is 14.4. The summed E-state index contributed by atoms with van der Waals surface area (Å²) in [7, 11) is 2.32. The summed E-state index contributed by atoms with van der Waals surface area (Å²) in [5.74, 6) is -1.40. The van der Waals surface area contributed by atoms with Crippen LogP contribution in [0, 0.1) is 5.82 Å². The number of ether oxygens (including phenoxy) is 2. The number of phenolic OH excluding ortho intramolecular Hbond substituents is 1. The Labute approximate surface area is 109 Å². The van der Waals surface area contributed by atoms with Crippen molar-refractivity contribution < 1.29 is 28.6 Å². The molecule has 1 rings (SSSR count). The number of methoxy groups -OCH3 is 2. The molecule has 0 aliphatic carbocycles. The van der Waals surface area contributed by atoms with Crippen molar-refractivity contribution in [1.82, 2.24) is 4.90 Å². The van der Waals surface area contributed by atoms with E-state index in [1.807, 2.05) is 0 Å². The van der Waals surface area contributed by atoms with E-state index in [-0.39, 0.29) is 24.4 Å². The number of hydrogen-bond acceptors (Lipinski definition) is 5. The molecule has 0 aromatic heterocycles. The number of phenols is 1. The van der Waals surface area contributed by atoms with Crippen LogP contribution in [0.15, 0.2) is 18.2 Å². The molecule has 7 heteroatoms. The second-order valence-electron chi connectivity index (χ2n) is 3.68. The van der Waals surface area contributed by atoms with Gasteiger partial charge in [0.1, 0.15) is 18.1 Å². The lowest BCUT2D eigenvalue weighted by atomic mass is 10.2. The maximum absolute atomic E-state index is 13.5. The van der Waals surface area contributed by atoms with Crippen molar-refractivity contribution in [2.75, 3.05) is 20.8 Å². The third-order valence-corrected chi connectivity index (χ3v) is 2.37. The maximum atomic E-state index is 13.5. The van der Waals surface area contributed by atoms with Gasteiger partial charge in [0, 0.05) is 5.56 Å². The molecule has 1 amide bonds. The molecule has 104 valence electrons. The Hall–Kier alpha value is -2.31. The second-order valence-corrected chi connectivity index (χ2v) is 3.68. The van der Waals surface area contributed by atoms with E-state index >= 15 is 0 Å². The molecule has 0 spiro atoms. The number of carbonyl (C=O) groups is 2. The number of benzene rings is 1. The first-order chi connectivity index (χ1) is 8.97. The Morgan fingerprint density at radius 3 is 2.58 bits per heavy atom. The largest absolute Gasteiger partial charge is 0.508 e. The van der Waals surface area contributed by atoms with E-state index in [0.717, 1.165) is 18.1 Å². The molecular weight excluding hydrogens is 257 g/mol. The summed E-state index contributed by atoms with van der Waals surface area (Å²) in [4.78, 5) is 23.6. The van der Waals surface area contributed by atoms with Gasteiger partial charge in [0.15, 0.2) is 0 Å². The van der Waals surface area contributed by atoms with Gasteiger partial charge in [0.2, 0.25) is 0 Å². The number of hydrogen-bond donors (Lipinski definition) is 1. The lowest BCUT2D eigenvalue weighted by molar-refractivity contribution is -0.141. The standard InChI is InChI=1S/C12H14FNO5/c1-18-11(16)7-14(12(17)19-2)6-8-5-9(15)3-4-10(8)13/h3-5,15H,6-7H2,1-2H3. The van der Waals surface area contributed by atoms with Crippen molar-refractivity contribution in [2.45, 2.75) is 6.54 Å². The molecule has 1 N–H and O–H groups in total. The van der Waals surface area contributed by atoms with Crippen molar-refractivity contribution in [1.29, 1.82) is 0 Å². The fourth-order valence-corrected chi connectivity index (χ4v) is 1.42. The Bertz CT molecular complexity index is 477. The summed E-state index contributed by atoms with van der Waals surface area (Å²) < 4.78 is 22.4. The molecule has 0 aliphatic heterocycles. The van der Waals surface area contributed by atoms with E-state index in [4.69, 9.17) is 0 Å². The minimum Gasteiger partial charge on any atom is -0.508 e. The van der Waals surface area contributed by atoms with Crippen LogP contribution in [0.3, 0.4) is 0 Å². The number of aromatic hydroxyl groups is 1. The van der Waals surface area contributed by atoms with Crippen LogP contribution in [0.5, 0.6) is 5.75 Å². The molecule has 0 saturated carbocycles. The van der Waals surface area contributed by atoms with E-state index in [0.29, 0.717) is 0 Å². The summed E-state index contributed by atoms with van der Waals surface area (Å²) in [6, 6.07) is 3.42. The van der Waals surface area contributed by atoms with Gasteiger partial charge in [-0.1, -0.05) is 0 Å². The molecule has 1 aromatic carbocycles. The zero-order valence-electron chi connectivity index (χ0n) is 10.6. The number of halogens is 1. The van der Waals surface area contributed by atoms with E-state index in [1.165, 1.54) is 19.2 Å². The highest BCUT2D eigenvalue weighted by atomic mass is 19.1. The highest BCUT2D eigenvalue weighted by Gasteiger charge is 2.20. The molecule has 0 unspecified atom stereocenters. The molecule has 0 aliphatic rings. The minimum absolute atomic E-state index is 0.0642. The van der Waals surface area contributed by atoms with Crippen LogP contribution < -0.4 is 0 Å².